The molecular formula is C23H22BrN5O2S. The monoisotopic (exact) mass is 511 g/mol. The third-order valence-corrected chi connectivity index (χ3v) is 7.22. The average molecular weight is 512 g/mol. The number of imidazole rings is 1. The Morgan fingerprint density at radius 1 is 1.31 bits per heavy atom. The number of benzene rings is 1. The number of nitrogen functional groups attached to an aromatic ring is 1. The number of amides is 1. The van der Waals surface area contributed by atoms with E-state index in [1.165, 1.54) is 11.3 Å². The Labute approximate surface area is 197 Å². The molecule has 9 heteroatoms. The predicted octanol–water partition coefficient (Wildman–Crippen LogP) is 5.57. The van der Waals surface area contributed by atoms with E-state index >= 15 is 0 Å². The Bertz CT molecular complexity index is 1320. The zero-order chi connectivity index (χ0) is 22.2. The number of nitrogens with zero attached hydrogens (tertiary/aromatic N) is 3. The quantitative estimate of drug-likeness (QED) is 0.322. The van der Waals surface area contributed by atoms with Gasteiger partial charge in [0.05, 0.1) is 38.6 Å². The van der Waals surface area contributed by atoms with Crippen LogP contribution in [0.5, 0.6) is 5.75 Å². The number of hydrogen-bond acceptors (Lipinski definition) is 6. The highest BCUT2D eigenvalue weighted by Gasteiger charge is 2.21. The summed E-state index contributed by atoms with van der Waals surface area (Å²) in [7, 11) is 0. The molecule has 0 radical (unpaired) electrons. The first-order valence-electron chi connectivity index (χ1n) is 10.4. The summed E-state index contributed by atoms with van der Waals surface area (Å²) in [6.45, 7) is 3.54. The SMILES string of the molecule is CC1CCCOc2ccncc2-c2sc(cc2N)C(=O)Nc2nc3ccc(Br)cc3n2C1. The van der Waals surface area contributed by atoms with Crippen molar-refractivity contribution in [1.82, 2.24) is 14.5 Å². The molecule has 3 N–H and O–H groups in total. The molecule has 0 fully saturated rings. The van der Waals surface area contributed by atoms with Crippen molar-refractivity contribution in [2.45, 2.75) is 26.3 Å². The van der Waals surface area contributed by atoms with Crippen LogP contribution in [0, 0.1) is 5.92 Å². The van der Waals surface area contributed by atoms with E-state index in [2.05, 4.69) is 37.7 Å². The molecule has 1 aliphatic rings. The standard InChI is InChI=1S/C23H22BrN5O2S/c1-13-3-2-8-31-19-6-7-26-11-15(19)21-16(25)10-20(32-21)22(30)28-23-27-17-5-4-14(24)9-18(17)29(23)12-13/h4-7,9-11,13H,2-3,8,12,25H2,1H3,(H,27,28,30). The molecule has 0 saturated carbocycles. The van der Waals surface area contributed by atoms with Crippen molar-refractivity contribution in [2.75, 3.05) is 17.7 Å². The minimum absolute atomic E-state index is 0.238. The number of nitrogens with one attached hydrogen (secondary N) is 1. The molecule has 1 unspecified atom stereocenters. The maximum absolute atomic E-state index is 13.2. The summed E-state index contributed by atoms with van der Waals surface area (Å²) in [4.78, 5) is 23.4. The van der Waals surface area contributed by atoms with Crippen LogP contribution in [0.1, 0.15) is 29.4 Å². The van der Waals surface area contributed by atoms with E-state index in [4.69, 9.17) is 15.5 Å². The molecule has 7 nitrogen and oxygen atoms in total. The summed E-state index contributed by atoms with van der Waals surface area (Å²) in [6, 6.07) is 9.48. The van der Waals surface area contributed by atoms with Crippen molar-refractivity contribution < 1.29 is 9.53 Å². The van der Waals surface area contributed by atoms with Crippen LogP contribution < -0.4 is 15.8 Å². The van der Waals surface area contributed by atoms with E-state index in [0.717, 1.165) is 51.1 Å². The smallest absolute Gasteiger partial charge is 0.268 e. The van der Waals surface area contributed by atoms with Gasteiger partial charge in [-0.15, -0.1) is 11.3 Å². The van der Waals surface area contributed by atoms with Gasteiger partial charge in [0.1, 0.15) is 5.75 Å². The van der Waals surface area contributed by atoms with Crippen molar-refractivity contribution in [3.63, 3.8) is 0 Å². The fraction of sp³-hybridized carbons (Fsp3) is 0.261. The van der Waals surface area contributed by atoms with Crippen LogP contribution in [0.3, 0.4) is 0 Å². The lowest BCUT2D eigenvalue weighted by Crippen LogP contribution is -2.17. The van der Waals surface area contributed by atoms with Crippen LogP contribution in [0.15, 0.2) is 47.2 Å². The van der Waals surface area contributed by atoms with Crippen molar-refractivity contribution in [1.29, 1.82) is 0 Å². The number of pyridine rings is 1. The highest BCUT2D eigenvalue weighted by atomic mass is 79.9. The Balaban J connectivity index is 1.60. The van der Waals surface area contributed by atoms with Gasteiger partial charge >= 0.3 is 0 Å². The van der Waals surface area contributed by atoms with E-state index in [1.807, 2.05) is 24.3 Å². The molecule has 0 spiro atoms. The molecule has 1 atom stereocenters. The Morgan fingerprint density at radius 2 is 2.19 bits per heavy atom. The van der Waals surface area contributed by atoms with E-state index in [0.29, 0.717) is 29.0 Å². The van der Waals surface area contributed by atoms with Crippen LogP contribution >= 0.6 is 27.3 Å². The largest absolute Gasteiger partial charge is 0.493 e. The van der Waals surface area contributed by atoms with Gasteiger partial charge in [-0.2, -0.15) is 0 Å². The van der Waals surface area contributed by atoms with Gasteiger partial charge in [-0.1, -0.05) is 22.9 Å². The van der Waals surface area contributed by atoms with Gasteiger partial charge in [0.25, 0.3) is 5.91 Å². The number of thiophene rings is 1. The van der Waals surface area contributed by atoms with E-state index in [1.54, 1.807) is 18.5 Å². The number of anilines is 2. The summed E-state index contributed by atoms with van der Waals surface area (Å²) in [5.41, 5.74) is 9.43. The van der Waals surface area contributed by atoms with E-state index in [-0.39, 0.29) is 5.91 Å². The zero-order valence-corrected chi connectivity index (χ0v) is 19.9. The number of aromatic nitrogens is 3. The second-order valence-electron chi connectivity index (χ2n) is 8.00. The first-order chi connectivity index (χ1) is 15.5. The molecular weight excluding hydrogens is 490 g/mol. The summed E-state index contributed by atoms with van der Waals surface area (Å²) in [5.74, 6) is 1.40. The minimum atomic E-state index is -0.238. The number of halogens is 1. The van der Waals surface area contributed by atoms with Gasteiger partial charge in [0.15, 0.2) is 0 Å². The first kappa shape index (κ1) is 21.0. The summed E-state index contributed by atoms with van der Waals surface area (Å²) in [6.07, 6.45) is 5.32. The van der Waals surface area contributed by atoms with Gasteiger partial charge < -0.3 is 15.0 Å². The average Bonchev–Trinajstić information content (AvgIpc) is 3.31. The van der Waals surface area contributed by atoms with Crippen molar-refractivity contribution in [3.8, 4) is 16.2 Å². The van der Waals surface area contributed by atoms with E-state index in [9.17, 15) is 4.79 Å². The maximum Gasteiger partial charge on any atom is 0.268 e. The first-order valence-corrected chi connectivity index (χ1v) is 12.0. The van der Waals surface area contributed by atoms with Gasteiger partial charge in [-0.3, -0.25) is 15.1 Å². The van der Waals surface area contributed by atoms with Gasteiger partial charge in [-0.05, 0) is 49.1 Å². The summed E-state index contributed by atoms with van der Waals surface area (Å²) >= 11 is 4.88. The molecule has 1 amide bonds. The van der Waals surface area contributed by atoms with E-state index < -0.39 is 0 Å². The molecule has 5 rings (SSSR count). The molecule has 0 saturated heterocycles. The number of rotatable bonds is 0. The topological polar surface area (TPSA) is 95.1 Å². The van der Waals surface area contributed by atoms with Gasteiger partial charge in [0.2, 0.25) is 5.95 Å². The van der Waals surface area contributed by atoms with Crippen LogP contribution in [0.2, 0.25) is 0 Å². The number of carbonyl (C=O) groups excluding carboxylic acids is 1. The van der Waals surface area contributed by atoms with Crippen molar-refractivity contribution in [2.24, 2.45) is 5.92 Å². The normalized spacial score (nSPS) is 16.9. The fourth-order valence-electron chi connectivity index (χ4n) is 3.96. The number of carbonyl (C=O) groups is 1. The zero-order valence-electron chi connectivity index (χ0n) is 17.5. The molecule has 3 aromatic heterocycles. The molecule has 1 aromatic carbocycles. The Kier molecular flexibility index (Phi) is 5.60. The third kappa shape index (κ3) is 3.98. The Morgan fingerprint density at radius 3 is 3.06 bits per heavy atom. The predicted molar refractivity (Wildman–Crippen MR) is 131 cm³/mol. The summed E-state index contributed by atoms with van der Waals surface area (Å²) in [5, 5.41) is 3.01. The molecule has 164 valence electrons. The van der Waals surface area contributed by atoms with Gasteiger partial charge in [0, 0.05) is 23.4 Å². The number of nitrogens with two attached hydrogens (primary N) is 1. The van der Waals surface area contributed by atoms with Crippen LogP contribution in [-0.4, -0.2) is 27.0 Å². The molecule has 1 aliphatic heterocycles. The van der Waals surface area contributed by atoms with Crippen LogP contribution in [0.25, 0.3) is 21.5 Å². The molecule has 32 heavy (non-hydrogen) atoms. The lowest BCUT2D eigenvalue weighted by Gasteiger charge is -2.16. The lowest BCUT2D eigenvalue weighted by atomic mass is 10.1. The molecule has 0 aliphatic carbocycles. The second-order valence-corrected chi connectivity index (χ2v) is 9.96. The fourth-order valence-corrected chi connectivity index (χ4v) is 5.30. The lowest BCUT2D eigenvalue weighted by molar-refractivity contribution is 0.102. The number of ether oxygens (including phenoxy) is 1. The molecule has 4 heterocycles. The van der Waals surface area contributed by atoms with Crippen LogP contribution in [-0.2, 0) is 6.54 Å². The third-order valence-electron chi connectivity index (χ3n) is 5.54. The number of hydrogen-bond donors (Lipinski definition) is 2. The van der Waals surface area contributed by atoms with Crippen molar-refractivity contribution >= 4 is 55.8 Å². The summed E-state index contributed by atoms with van der Waals surface area (Å²) < 4.78 is 9.14. The number of fused-ring (bicyclic) bond motifs is 7. The maximum atomic E-state index is 13.2. The Hall–Kier alpha value is -2.91. The molecule has 2 bridgehead atoms. The highest BCUT2D eigenvalue weighted by Crippen LogP contribution is 2.40. The van der Waals surface area contributed by atoms with Gasteiger partial charge in [-0.25, -0.2) is 4.98 Å². The molecule has 4 aromatic rings. The second kappa shape index (κ2) is 8.55. The van der Waals surface area contributed by atoms with Crippen LogP contribution in [0.4, 0.5) is 11.6 Å². The van der Waals surface area contributed by atoms with Crippen molar-refractivity contribution in [3.05, 3.63) is 52.1 Å². The highest BCUT2D eigenvalue weighted by molar-refractivity contribution is 9.10. The minimum Gasteiger partial charge on any atom is -0.493 e.